The third-order valence-corrected chi connectivity index (χ3v) is 4.49. The van der Waals surface area contributed by atoms with E-state index in [2.05, 4.69) is 55.0 Å². The van der Waals surface area contributed by atoms with Crippen molar-refractivity contribution < 1.29 is 0 Å². The van der Waals surface area contributed by atoms with Crippen molar-refractivity contribution in [2.75, 3.05) is 13.1 Å². The van der Waals surface area contributed by atoms with Gasteiger partial charge in [0.05, 0.1) is 0 Å². The first kappa shape index (κ1) is 12.7. The molecule has 1 fully saturated rings. The SMILES string of the molecule is CC(C)c1ccc2c(c1)cc(C1CCCNC1)n2C. The highest BCUT2D eigenvalue weighted by atomic mass is 15.0. The Hall–Kier alpha value is -1.28. The predicted octanol–water partition coefficient (Wildman–Crippen LogP) is 3.77. The molecular weight excluding hydrogens is 232 g/mol. The second-order valence-electron chi connectivity index (χ2n) is 6.14. The first-order valence-electron chi connectivity index (χ1n) is 7.47. The van der Waals surface area contributed by atoms with Crippen LogP contribution in [0.25, 0.3) is 10.9 Å². The monoisotopic (exact) mass is 256 g/mol. The van der Waals surface area contributed by atoms with E-state index in [1.54, 1.807) is 0 Å². The molecule has 1 N–H and O–H groups in total. The van der Waals surface area contributed by atoms with Crippen LogP contribution in [0.3, 0.4) is 0 Å². The van der Waals surface area contributed by atoms with E-state index in [4.69, 9.17) is 0 Å². The first-order valence-corrected chi connectivity index (χ1v) is 7.47. The molecule has 1 unspecified atom stereocenters. The Morgan fingerprint density at radius 1 is 1.26 bits per heavy atom. The van der Waals surface area contributed by atoms with Crippen molar-refractivity contribution in [3.05, 3.63) is 35.5 Å². The number of benzene rings is 1. The standard InChI is InChI=1S/C17H24N2/c1-12(2)13-6-7-16-15(9-13)10-17(19(16)3)14-5-4-8-18-11-14/h6-7,9-10,12,14,18H,4-5,8,11H2,1-3H3. The molecule has 3 rings (SSSR count). The van der Waals surface area contributed by atoms with E-state index in [9.17, 15) is 0 Å². The number of rotatable bonds is 2. The smallest absolute Gasteiger partial charge is 0.0480 e. The largest absolute Gasteiger partial charge is 0.347 e. The second-order valence-corrected chi connectivity index (χ2v) is 6.14. The van der Waals surface area contributed by atoms with Crippen LogP contribution in [0.1, 0.15) is 49.8 Å². The maximum Gasteiger partial charge on any atom is 0.0480 e. The van der Waals surface area contributed by atoms with E-state index in [1.807, 2.05) is 0 Å². The minimum Gasteiger partial charge on any atom is -0.347 e. The van der Waals surface area contributed by atoms with E-state index in [0.717, 1.165) is 6.54 Å². The Bertz CT molecular complexity index is 574. The molecule has 0 amide bonds. The van der Waals surface area contributed by atoms with Crippen molar-refractivity contribution in [2.45, 2.75) is 38.5 Å². The maximum absolute atomic E-state index is 3.52. The molecule has 1 aromatic carbocycles. The molecule has 0 aliphatic carbocycles. The highest BCUT2D eigenvalue weighted by Gasteiger charge is 2.19. The van der Waals surface area contributed by atoms with Gasteiger partial charge in [0.2, 0.25) is 0 Å². The summed E-state index contributed by atoms with van der Waals surface area (Å²) in [4.78, 5) is 0. The van der Waals surface area contributed by atoms with Gasteiger partial charge in [-0.25, -0.2) is 0 Å². The van der Waals surface area contributed by atoms with Crippen LogP contribution in [0.15, 0.2) is 24.3 Å². The molecule has 102 valence electrons. The number of aryl methyl sites for hydroxylation is 1. The molecule has 2 nitrogen and oxygen atoms in total. The summed E-state index contributed by atoms with van der Waals surface area (Å²) in [6.07, 6.45) is 2.61. The Morgan fingerprint density at radius 2 is 2.11 bits per heavy atom. The van der Waals surface area contributed by atoms with Gasteiger partial charge in [-0.15, -0.1) is 0 Å². The van der Waals surface area contributed by atoms with Gasteiger partial charge in [0.15, 0.2) is 0 Å². The Balaban J connectivity index is 2.03. The van der Waals surface area contributed by atoms with Crippen molar-refractivity contribution in [1.29, 1.82) is 0 Å². The summed E-state index contributed by atoms with van der Waals surface area (Å²) in [7, 11) is 2.21. The van der Waals surface area contributed by atoms with Gasteiger partial charge in [0, 0.05) is 36.1 Å². The summed E-state index contributed by atoms with van der Waals surface area (Å²) in [5, 5.41) is 4.92. The molecule has 1 aliphatic rings. The van der Waals surface area contributed by atoms with Crippen LogP contribution in [0.4, 0.5) is 0 Å². The van der Waals surface area contributed by atoms with Crippen molar-refractivity contribution in [3.63, 3.8) is 0 Å². The number of aromatic nitrogens is 1. The Morgan fingerprint density at radius 3 is 2.79 bits per heavy atom. The van der Waals surface area contributed by atoms with E-state index < -0.39 is 0 Å². The van der Waals surface area contributed by atoms with Gasteiger partial charge < -0.3 is 9.88 Å². The van der Waals surface area contributed by atoms with E-state index in [1.165, 1.54) is 41.5 Å². The van der Waals surface area contributed by atoms with Crippen LogP contribution < -0.4 is 5.32 Å². The summed E-state index contributed by atoms with van der Waals surface area (Å²) in [6.45, 7) is 6.82. The fourth-order valence-electron chi connectivity index (χ4n) is 3.24. The fraction of sp³-hybridized carbons (Fsp3) is 0.529. The molecule has 2 heteroatoms. The van der Waals surface area contributed by atoms with Crippen LogP contribution in [-0.2, 0) is 7.05 Å². The Labute approximate surface area is 115 Å². The highest BCUT2D eigenvalue weighted by Crippen LogP contribution is 2.30. The number of nitrogens with zero attached hydrogens (tertiary/aromatic N) is 1. The predicted molar refractivity (Wildman–Crippen MR) is 81.9 cm³/mol. The highest BCUT2D eigenvalue weighted by molar-refractivity contribution is 5.82. The Kier molecular flexibility index (Phi) is 3.36. The van der Waals surface area contributed by atoms with Gasteiger partial charge in [0.25, 0.3) is 0 Å². The number of nitrogens with one attached hydrogen (secondary N) is 1. The molecule has 2 aromatic rings. The summed E-state index contributed by atoms with van der Waals surface area (Å²) in [5.41, 5.74) is 4.29. The molecule has 2 heterocycles. The number of hydrogen-bond donors (Lipinski definition) is 1. The zero-order chi connectivity index (χ0) is 13.4. The van der Waals surface area contributed by atoms with Crippen LogP contribution >= 0.6 is 0 Å². The minimum absolute atomic E-state index is 0.601. The zero-order valence-electron chi connectivity index (χ0n) is 12.2. The lowest BCUT2D eigenvalue weighted by molar-refractivity contribution is 0.448. The molecule has 1 aromatic heterocycles. The van der Waals surface area contributed by atoms with Gasteiger partial charge in [-0.05, 0) is 49.1 Å². The lowest BCUT2D eigenvalue weighted by Crippen LogP contribution is -2.29. The summed E-state index contributed by atoms with van der Waals surface area (Å²) >= 11 is 0. The third kappa shape index (κ3) is 2.30. The van der Waals surface area contributed by atoms with Gasteiger partial charge >= 0.3 is 0 Å². The number of fused-ring (bicyclic) bond motifs is 1. The molecule has 1 aliphatic heterocycles. The second kappa shape index (κ2) is 5.01. The molecular formula is C17H24N2. The van der Waals surface area contributed by atoms with Gasteiger partial charge in [0.1, 0.15) is 0 Å². The average Bonchev–Trinajstić information content (AvgIpc) is 2.76. The fourth-order valence-corrected chi connectivity index (χ4v) is 3.24. The summed E-state index contributed by atoms with van der Waals surface area (Å²) in [5.74, 6) is 1.28. The van der Waals surface area contributed by atoms with Crippen LogP contribution in [0.2, 0.25) is 0 Å². The lowest BCUT2D eigenvalue weighted by Gasteiger charge is -2.23. The van der Waals surface area contributed by atoms with Gasteiger partial charge in [-0.1, -0.05) is 19.9 Å². The molecule has 1 atom stereocenters. The average molecular weight is 256 g/mol. The van der Waals surface area contributed by atoms with Crippen molar-refractivity contribution in [1.82, 2.24) is 9.88 Å². The van der Waals surface area contributed by atoms with E-state index >= 15 is 0 Å². The molecule has 0 bridgehead atoms. The molecule has 0 saturated carbocycles. The van der Waals surface area contributed by atoms with Crippen molar-refractivity contribution in [3.8, 4) is 0 Å². The molecule has 0 radical (unpaired) electrons. The van der Waals surface area contributed by atoms with E-state index in [0.29, 0.717) is 11.8 Å². The molecule has 19 heavy (non-hydrogen) atoms. The van der Waals surface area contributed by atoms with Gasteiger partial charge in [-0.2, -0.15) is 0 Å². The normalized spacial score (nSPS) is 20.3. The van der Waals surface area contributed by atoms with Crippen LogP contribution in [-0.4, -0.2) is 17.7 Å². The van der Waals surface area contributed by atoms with Crippen molar-refractivity contribution in [2.24, 2.45) is 7.05 Å². The lowest BCUT2D eigenvalue weighted by atomic mass is 9.96. The third-order valence-electron chi connectivity index (χ3n) is 4.49. The summed E-state index contributed by atoms with van der Waals surface area (Å²) in [6, 6.07) is 9.32. The first-order chi connectivity index (χ1) is 9.16. The van der Waals surface area contributed by atoms with Crippen LogP contribution in [0.5, 0.6) is 0 Å². The summed E-state index contributed by atoms with van der Waals surface area (Å²) < 4.78 is 2.39. The van der Waals surface area contributed by atoms with E-state index in [-0.39, 0.29) is 0 Å². The van der Waals surface area contributed by atoms with Crippen molar-refractivity contribution >= 4 is 10.9 Å². The minimum atomic E-state index is 0.601. The van der Waals surface area contributed by atoms with Gasteiger partial charge in [-0.3, -0.25) is 0 Å². The maximum atomic E-state index is 3.52. The quantitative estimate of drug-likeness (QED) is 0.865. The number of hydrogen-bond acceptors (Lipinski definition) is 1. The molecule has 1 saturated heterocycles. The topological polar surface area (TPSA) is 17.0 Å². The number of piperidine rings is 1. The zero-order valence-corrected chi connectivity index (χ0v) is 12.2. The molecule has 0 spiro atoms. The van der Waals surface area contributed by atoms with Crippen LogP contribution in [0, 0.1) is 0 Å².